The topological polar surface area (TPSA) is 29.1 Å². The number of fused-ring (bicyclic) bond motifs is 1. The fraction of sp³-hybridized carbons (Fsp3) is 0.312. The van der Waals surface area contributed by atoms with Crippen LogP contribution in [0.3, 0.4) is 0 Å². The fourth-order valence-electron chi connectivity index (χ4n) is 2.13. The highest BCUT2D eigenvalue weighted by Gasteiger charge is 2.21. The number of halogens is 2. The lowest BCUT2D eigenvalue weighted by Gasteiger charge is -2.25. The molecule has 0 aromatic heterocycles. The van der Waals surface area contributed by atoms with Crippen LogP contribution in [0.15, 0.2) is 36.4 Å². The van der Waals surface area contributed by atoms with E-state index in [0.717, 1.165) is 11.8 Å². The molecule has 0 saturated heterocycles. The molecular formula is C16H17BrFNO. The lowest BCUT2D eigenvalue weighted by Crippen LogP contribution is -2.43. The number of hydrogen-bond donors (Lipinski definition) is 1. The molecular weight excluding hydrogens is 321 g/mol. The Kier molecular flexibility index (Phi) is 4.43. The highest BCUT2D eigenvalue weighted by molar-refractivity contribution is 9.09. The van der Waals surface area contributed by atoms with E-state index < -0.39 is 0 Å². The summed E-state index contributed by atoms with van der Waals surface area (Å²) in [5, 5.41) is 4.91. The third-order valence-electron chi connectivity index (χ3n) is 3.29. The van der Waals surface area contributed by atoms with E-state index in [4.69, 9.17) is 0 Å². The van der Waals surface area contributed by atoms with E-state index in [-0.39, 0.29) is 17.3 Å². The van der Waals surface area contributed by atoms with E-state index in [1.165, 1.54) is 12.1 Å². The minimum absolute atomic E-state index is 0.174. The van der Waals surface area contributed by atoms with Crippen LogP contribution in [0, 0.1) is 5.82 Å². The van der Waals surface area contributed by atoms with E-state index in [2.05, 4.69) is 21.2 Å². The SMILES string of the molecule is CC(C)(CCBr)NC(=O)c1ccc(F)c2ccccc12. The van der Waals surface area contributed by atoms with Crippen molar-refractivity contribution in [3.05, 3.63) is 47.8 Å². The van der Waals surface area contributed by atoms with Crippen LogP contribution in [0.1, 0.15) is 30.6 Å². The summed E-state index contributed by atoms with van der Waals surface area (Å²) in [6, 6.07) is 9.91. The van der Waals surface area contributed by atoms with Crippen LogP contribution in [0.5, 0.6) is 0 Å². The Labute approximate surface area is 126 Å². The Balaban J connectivity index is 2.38. The molecule has 0 aliphatic rings. The molecule has 2 rings (SSSR count). The van der Waals surface area contributed by atoms with Crippen molar-refractivity contribution in [1.82, 2.24) is 5.32 Å². The molecule has 0 fully saturated rings. The Morgan fingerprint density at radius 3 is 2.50 bits per heavy atom. The van der Waals surface area contributed by atoms with Crippen LogP contribution in [-0.4, -0.2) is 16.8 Å². The van der Waals surface area contributed by atoms with Gasteiger partial charge in [-0.3, -0.25) is 4.79 Å². The zero-order valence-electron chi connectivity index (χ0n) is 11.5. The number of hydrogen-bond acceptors (Lipinski definition) is 1. The van der Waals surface area contributed by atoms with Gasteiger partial charge in [-0.15, -0.1) is 0 Å². The molecule has 0 atom stereocenters. The van der Waals surface area contributed by atoms with Crippen molar-refractivity contribution in [3.8, 4) is 0 Å². The van der Waals surface area contributed by atoms with Gasteiger partial charge in [0.25, 0.3) is 5.91 Å². The molecule has 0 heterocycles. The van der Waals surface area contributed by atoms with Crippen molar-refractivity contribution < 1.29 is 9.18 Å². The monoisotopic (exact) mass is 337 g/mol. The molecule has 20 heavy (non-hydrogen) atoms. The summed E-state index contributed by atoms with van der Waals surface area (Å²) in [6.07, 6.45) is 0.817. The van der Waals surface area contributed by atoms with E-state index in [0.29, 0.717) is 16.3 Å². The van der Waals surface area contributed by atoms with Crippen molar-refractivity contribution in [2.24, 2.45) is 0 Å². The zero-order valence-corrected chi connectivity index (χ0v) is 13.1. The molecule has 0 spiro atoms. The van der Waals surface area contributed by atoms with Gasteiger partial charge in [0.1, 0.15) is 5.82 Å². The summed E-state index contributed by atoms with van der Waals surface area (Å²) in [7, 11) is 0. The standard InChI is InChI=1S/C16H17BrFNO/c1-16(2,9-10-17)19-15(20)13-7-8-14(18)12-6-4-3-5-11(12)13/h3-8H,9-10H2,1-2H3,(H,19,20). The van der Waals surface area contributed by atoms with Crippen LogP contribution in [0.2, 0.25) is 0 Å². The number of rotatable bonds is 4. The lowest BCUT2D eigenvalue weighted by molar-refractivity contribution is 0.0913. The molecule has 0 bridgehead atoms. The van der Waals surface area contributed by atoms with Gasteiger partial charge in [0.15, 0.2) is 0 Å². The van der Waals surface area contributed by atoms with Crippen LogP contribution < -0.4 is 5.32 Å². The van der Waals surface area contributed by atoms with Gasteiger partial charge in [0, 0.05) is 21.8 Å². The summed E-state index contributed by atoms with van der Waals surface area (Å²) >= 11 is 3.38. The molecule has 1 amide bonds. The molecule has 4 heteroatoms. The molecule has 1 N–H and O–H groups in total. The quantitative estimate of drug-likeness (QED) is 0.829. The Hall–Kier alpha value is -1.42. The minimum atomic E-state index is -0.309. The van der Waals surface area contributed by atoms with E-state index in [9.17, 15) is 9.18 Å². The Bertz CT molecular complexity index is 639. The van der Waals surface area contributed by atoms with Crippen molar-refractivity contribution >= 4 is 32.6 Å². The summed E-state index contributed by atoms with van der Waals surface area (Å²) in [4.78, 5) is 12.4. The first kappa shape index (κ1) is 15.0. The van der Waals surface area contributed by atoms with Crippen molar-refractivity contribution in [2.45, 2.75) is 25.8 Å². The normalized spacial score (nSPS) is 11.6. The second kappa shape index (κ2) is 5.92. The van der Waals surface area contributed by atoms with E-state index >= 15 is 0 Å². The molecule has 2 aromatic rings. The maximum atomic E-state index is 13.8. The molecule has 106 valence electrons. The highest BCUT2D eigenvalue weighted by Crippen LogP contribution is 2.22. The Morgan fingerprint density at radius 1 is 1.20 bits per heavy atom. The van der Waals surface area contributed by atoms with Crippen LogP contribution in [0.25, 0.3) is 10.8 Å². The van der Waals surface area contributed by atoms with Gasteiger partial charge in [0.2, 0.25) is 0 Å². The average Bonchev–Trinajstić information content (AvgIpc) is 2.38. The predicted octanol–water partition coefficient (Wildman–Crippen LogP) is 4.27. The average molecular weight is 338 g/mol. The van der Waals surface area contributed by atoms with Crippen molar-refractivity contribution in [1.29, 1.82) is 0 Å². The predicted molar refractivity (Wildman–Crippen MR) is 83.9 cm³/mol. The van der Waals surface area contributed by atoms with E-state index in [1.54, 1.807) is 18.2 Å². The van der Waals surface area contributed by atoms with Gasteiger partial charge >= 0.3 is 0 Å². The number of amides is 1. The van der Waals surface area contributed by atoms with Crippen LogP contribution in [-0.2, 0) is 0 Å². The first-order valence-corrected chi connectivity index (χ1v) is 7.62. The largest absolute Gasteiger partial charge is 0.347 e. The summed E-state index contributed by atoms with van der Waals surface area (Å²) in [5.74, 6) is -0.482. The summed E-state index contributed by atoms with van der Waals surface area (Å²) < 4.78 is 13.8. The number of carbonyl (C=O) groups excluding carboxylic acids is 1. The molecule has 0 aliphatic carbocycles. The maximum Gasteiger partial charge on any atom is 0.252 e. The molecule has 2 aromatic carbocycles. The number of alkyl halides is 1. The smallest absolute Gasteiger partial charge is 0.252 e. The molecule has 0 aliphatic heterocycles. The second-order valence-electron chi connectivity index (χ2n) is 5.42. The van der Waals surface area contributed by atoms with Crippen LogP contribution in [0.4, 0.5) is 4.39 Å². The number of nitrogens with one attached hydrogen (secondary N) is 1. The summed E-state index contributed by atoms with van der Waals surface area (Å²) in [5.41, 5.74) is 0.195. The fourth-order valence-corrected chi connectivity index (χ4v) is 3.12. The van der Waals surface area contributed by atoms with Crippen molar-refractivity contribution in [2.75, 3.05) is 5.33 Å². The van der Waals surface area contributed by atoms with Gasteiger partial charge in [-0.1, -0.05) is 40.2 Å². The van der Waals surface area contributed by atoms with Gasteiger partial charge in [-0.2, -0.15) is 0 Å². The first-order chi connectivity index (χ1) is 9.44. The zero-order chi connectivity index (χ0) is 14.8. The van der Waals surface area contributed by atoms with Crippen molar-refractivity contribution in [3.63, 3.8) is 0 Å². The maximum absolute atomic E-state index is 13.8. The summed E-state index contributed by atoms with van der Waals surface area (Å²) in [6.45, 7) is 3.94. The van der Waals surface area contributed by atoms with Gasteiger partial charge in [-0.05, 0) is 37.8 Å². The lowest BCUT2D eigenvalue weighted by atomic mass is 9.99. The first-order valence-electron chi connectivity index (χ1n) is 6.50. The van der Waals surface area contributed by atoms with E-state index in [1.807, 2.05) is 19.9 Å². The molecule has 0 saturated carbocycles. The number of benzene rings is 2. The number of carbonyl (C=O) groups is 1. The third-order valence-corrected chi connectivity index (χ3v) is 3.68. The van der Waals surface area contributed by atoms with Gasteiger partial charge in [-0.25, -0.2) is 4.39 Å². The van der Waals surface area contributed by atoms with Gasteiger partial charge < -0.3 is 5.32 Å². The Morgan fingerprint density at radius 2 is 1.85 bits per heavy atom. The molecule has 0 unspecified atom stereocenters. The molecule has 2 nitrogen and oxygen atoms in total. The third kappa shape index (κ3) is 3.18. The highest BCUT2D eigenvalue weighted by atomic mass is 79.9. The van der Waals surface area contributed by atoms with Crippen LogP contribution >= 0.6 is 15.9 Å². The van der Waals surface area contributed by atoms with Gasteiger partial charge in [0.05, 0.1) is 0 Å². The second-order valence-corrected chi connectivity index (χ2v) is 6.21. The molecule has 0 radical (unpaired) electrons. The minimum Gasteiger partial charge on any atom is -0.347 e.